The van der Waals surface area contributed by atoms with Gasteiger partial charge < -0.3 is 9.88 Å². The molecule has 0 aliphatic rings. The van der Waals surface area contributed by atoms with Gasteiger partial charge in [-0.2, -0.15) is 5.26 Å². The molecule has 2 aromatic rings. The van der Waals surface area contributed by atoms with E-state index in [1.807, 2.05) is 36.4 Å². The second-order valence-corrected chi connectivity index (χ2v) is 3.55. The van der Waals surface area contributed by atoms with Crippen molar-refractivity contribution in [3.8, 4) is 6.07 Å². The highest BCUT2D eigenvalue weighted by molar-refractivity contribution is 5.90. The van der Waals surface area contributed by atoms with Crippen molar-refractivity contribution in [3.63, 3.8) is 0 Å². The quantitative estimate of drug-likeness (QED) is 0.868. The van der Waals surface area contributed by atoms with Crippen LogP contribution in [0.2, 0.25) is 0 Å². The van der Waals surface area contributed by atoms with Gasteiger partial charge in [0, 0.05) is 11.9 Å². The third-order valence-electron chi connectivity index (χ3n) is 2.32. The van der Waals surface area contributed by atoms with Crippen LogP contribution in [0, 0.1) is 11.3 Å². The Morgan fingerprint density at radius 3 is 2.71 bits per heavy atom. The van der Waals surface area contributed by atoms with Crippen LogP contribution in [0.25, 0.3) is 0 Å². The van der Waals surface area contributed by atoms with Crippen LogP contribution >= 0.6 is 0 Å². The van der Waals surface area contributed by atoms with Gasteiger partial charge in [-0.25, -0.2) is 0 Å². The number of nitrogens with zero attached hydrogens (tertiary/aromatic N) is 2. The molecule has 0 bridgehead atoms. The molecular formula is C13H11N3O. The molecule has 0 aliphatic carbocycles. The number of nitrogens with one attached hydrogen (secondary N) is 1. The maximum atomic E-state index is 11.7. The molecule has 2 rings (SSSR count). The first-order valence-corrected chi connectivity index (χ1v) is 5.20. The van der Waals surface area contributed by atoms with Crippen LogP contribution in [0.3, 0.4) is 0 Å². The summed E-state index contributed by atoms with van der Waals surface area (Å²) in [5.74, 6) is -0.149. The molecule has 1 aromatic heterocycles. The monoisotopic (exact) mass is 225 g/mol. The van der Waals surface area contributed by atoms with Crippen LogP contribution < -0.4 is 5.32 Å². The fraction of sp³-hybridized carbons (Fsp3) is 0.0769. The van der Waals surface area contributed by atoms with Gasteiger partial charge in [-0.05, 0) is 24.3 Å². The molecule has 1 amide bonds. The molecule has 0 aliphatic heterocycles. The summed E-state index contributed by atoms with van der Waals surface area (Å²) in [6.07, 6.45) is 1.71. The number of hydrogen-bond donors (Lipinski definition) is 1. The number of para-hydroxylation sites is 1. The molecule has 1 N–H and O–H groups in total. The molecule has 0 radical (unpaired) electrons. The lowest BCUT2D eigenvalue weighted by Crippen LogP contribution is -2.18. The SMILES string of the molecule is N#Cc1cccn1CC(=O)Nc1ccccc1. The summed E-state index contributed by atoms with van der Waals surface area (Å²) in [4.78, 5) is 11.7. The van der Waals surface area contributed by atoms with Crippen LogP contribution in [-0.2, 0) is 11.3 Å². The van der Waals surface area contributed by atoms with Gasteiger partial charge in [-0.1, -0.05) is 18.2 Å². The van der Waals surface area contributed by atoms with Gasteiger partial charge in [-0.15, -0.1) is 0 Å². The van der Waals surface area contributed by atoms with Gasteiger partial charge in [-0.3, -0.25) is 4.79 Å². The zero-order valence-corrected chi connectivity index (χ0v) is 9.13. The summed E-state index contributed by atoms with van der Waals surface area (Å²) in [5, 5.41) is 11.6. The van der Waals surface area contributed by atoms with E-state index < -0.39 is 0 Å². The van der Waals surface area contributed by atoms with Gasteiger partial charge in [0.2, 0.25) is 5.91 Å². The molecule has 0 unspecified atom stereocenters. The lowest BCUT2D eigenvalue weighted by Gasteiger charge is -2.06. The molecular weight excluding hydrogens is 214 g/mol. The Kier molecular flexibility index (Phi) is 3.22. The Balaban J connectivity index is 2.01. The first-order valence-electron chi connectivity index (χ1n) is 5.20. The van der Waals surface area contributed by atoms with Crippen molar-refractivity contribution in [2.24, 2.45) is 0 Å². The van der Waals surface area contributed by atoms with E-state index in [0.717, 1.165) is 5.69 Å². The van der Waals surface area contributed by atoms with Crippen molar-refractivity contribution in [2.75, 3.05) is 5.32 Å². The lowest BCUT2D eigenvalue weighted by atomic mass is 10.3. The third kappa shape index (κ3) is 2.73. The second kappa shape index (κ2) is 4.99. The minimum absolute atomic E-state index is 0.144. The molecule has 0 atom stereocenters. The minimum atomic E-state index is -0.149. The van der Waals surface area contributed by atoms with Gasteiger partial charge in [0.05, 0.1) is 0 Å². The Hall–Kier alpha value is -2.54. The van der Waals surface area contributed by atoms with Crippen molar-refractivity contribution >= 4 is 11.6 Å². The van der Waals surface area contributed by atoms with Crippen molar-refractivity contribution in [1.29, 1.82) is 5.26 Å². The molecule has 0 saturated heterocycles. The average molecular weight is 225 g/mol. The van der Waals surface area contributed by atoms with Gasteiger partial charge >= 0.3 is 0 Å². The van der Waals surface area contributed by atoms with Crippen LogP contribution in [0.5, 0.6) is 0 Å². The number of aromatic nitrogens is 1. The molecule has 1 heterocycles. The average Bonchev–Trinajstić information content (AvgIpc) is 2.77. The Bertz CT molecular complexity index is 552. The molecule has 0 saturated carbocycles. The predicted molar refractivity (Wildman–Crippen MR) is 64.2 cm³/mol. The third-order valence-corrected chi connectivity index (χ3v) is 2.32. The molecule has 1 aromatic carbocycles. The number of benzene rings is 1. The van der Waals surface area contributed by atoms with E-state index in [-0.39, 0.29) is 12.5 Å². The summed E-state index contributed by atoms with van der Waals surface area (Å²) in [6, 6.07) is 14.7. The lowest BCUT2D eigenvalue weighted by molar-refractivity contribution is -0.116. The van der Waals surface area contributed by atoms with Crippen LogP contribution in [-0.4, -0.2) is 10.5 Å². The maximum Gasteiger partial charge on any atom is 0.244 e. The van der Waals surface area contributed by atoms with Crippen LogP contribution in [0.4, 0.5) is 5.69 Å². The Labute approximate surface area is 99.1 Å². The molecule has 17 heavy (non-hydrogen) atoms. The second-order valence-electron chi connectivity index (χ2n) is 3.55. The van der Waals surface area contributed by atoms with Gasteiger partial charge in [0.15, 0.2) is 0 Å². The summed E-state index contributed by atoms with van der Waals surface area (Å²) in [5.41, 5.74) is 1.23. The van der Waals surface area contributed by atoms with Crippen molar-refractivity contribution in [3.05, 3.63) is 54.4 Å². The van der Waals surface area contributed by atoms with Gasteiger partial charge in [0.25, 0.3) is 0 Å². The summed E-state index contributed by atoms with van der Waals surface area (Å²) >= 11 is 0. The molecule has 4 heteroatoms. The Morgan fingerprint density at radius 2 is 2.00 bits per heavy atom. The zero-order valence-electron chi connectivity index (χ0n) is 9.13. The molecule has 0 spiro atoms. The highest BCUT2D eigenvalue weighted by Gasteiger charge is 2.05. The van der Waals surface area contributed by atoms with E-state index in [4.69, 9.17) is 5.26 Å². The molecule has 4 nitrogen and oxygen atoms in total. The summed E-state index contributed by atoms with van der Waals surface area (Å²) in [7, 11) is 0. The van der Waals surface area contributed by atoms with Crippen molar-refractivity contribution in [2.45, 2.75) is 6.54 Å². The van der Waals surface area contributed by atoms with E-state index in [2.05, 4.69) is 5.32 Å². The number of hydrogen-bond acceptors (Lipinski definition) is 2. The van der Waals surface area contributed by atoms with E-state index in [1.54, 1.807) is 22.9 Å². The molecule has 0 fully saturated rings. The van der Waals surface area contributed by atoms with E-state index in [1.165, 1.54) is 0 Å². The van der Waals surface area contributed by atoms with Gasteiger partial charge in [0.1, 0.15) is 18.3 Å². The predicted octanol–water partition coefficient (Wildman–Crippen LogP) is 2.00. The van der Waals surface area contributed by atoms with Crippen molar-refractivity contribution in [1.82, 2.24) is 4.57 Å². The smallest absolute Gasteiger partial charge is 0.244 e. The highest BCUT2D eigenvalue weighted by atomic mass is 16.1. The molecule has 84 valence electrons. The summed E-state index contributed by atoms with van der Waals surface area (Å²) < 4.78 is 1.61. The number of carbonyl (C=O) groups excluding carboxylic acids is 1. The number of amides is 1. The fourth-order valence-corrected chi connectivity index (χ4v) is 1.53. The van der Waals surface area contributed by atoms with E-state index in [9.17, 15) is 4.79 Å². The Morgan fingerprint density at radius 1 is 1.24 bits per heavy atom. The number of nitriles is 1. The first kappa shape index (κ1) is 11.0. The highest BCUT2D eigenvalue weighted by Crippen LogP contribution is 2.06. The fourth-order valence-electron chi connectivity index (χ4n) is 1.53. The normalized spacial score (nSPS) is 9.59. The van der Waals surface area contributed by atoms with Crippen molar-refractivity contribution < 1.29 is 4.79 Å². The van der Waals surface area contributed by atoms with Crippen LogP contribution in [0.15, 0.2) is 48.7 Å². The number of rotatable bonds is 3. The zero-order chi connectivity index (χ0) is 12.1. The standard InChI is InChI=1S/C13H11N3O/c14-9-12-7-4-8-16(12)10-13(17)15-11-5-2-1-3-6-11/h1-8H,10H2,(H,15,17). The first-order chi connectivity index (χ1) is 8.29. The largest absolute Gasteiger partial charge is 0.330 e. The number of carbonyl (C=O) groups is 1. The van der Waals surface area contributed by atoms with Crippen LogP contribution in [0.1, 0.15) is 5.69 Å². The topological polar surface area (TPSA) is 57.8 Å². The van der Waals surface area contributed by atoms with E-state index in [0.29, 0.717) is 5.69 Å². The minimum Gasteiger partial charge on any atom is -0.330 e. The van der Waals surface area contributed by atoms with E-state index >= 15 is 0 Å². The number of anilines is 1. The summed E-state index contributed by atoms with van der Waals surface area (Å²) in [6.45, 7) is 0.144. The maximum absolute atomic E-state index is 11.7.